The molecule has 1 N–H and O–H groups in total. The van der Waals surface area contributed by atoms with Crippen LogP contribution in [0.25, 0.3) is 11.4 Å². The van der Waals surface area contributed by atoms with Gasteiger partial charge in [-0.3, -0.25) is 9.78 Å². The van der Waals surface area contributed by atoms with Gasteiger partial charge in [0.1, 0.15) is 0 Å². The van der Waals surface area contributed by atoms with Crippen molar-refractivity contribution in [1.82, 2.24) is 20.4 Å². The molecule has 0 aliphatic rings. The summed E-state index contributed by atoms with van der Waals surface area (Å²) in [6.45, 7) is 1.90. The summed E-state index contributed by atoms with van der Waals surface area (Å²) >= 11 is 0. The summed E-state index contributed by atoms with van der Waals surface area (Å²) in [6, 6.07) is 12.6. The second kappa shape index (κ2) is 8.03. The number of amides is 1. The number of nitrogens with one attached hydrogen (secondary N) is 1. The molecule has 130 valence electrons. The lowest BCUT2D eigenvalue weighted by molar-refractivity contribution is -0.121. The van der Waals surface area contributed by atoms with Gasteiger partial charge in [0.15, 0.2) is 0 Å². The minimum atomic E-state index is -0.148. The first kappa shape index (κ1) is 17.3. The number of benzene rings is 1. The van der Waals surface area contributed by atoms with Crippen LogP contribution in [0.4, 0.5) is 0 Å². The monoisotopic (exact) mass is 347 g/mol. The third-order valence-corrected chi connectivity index (χ3v) is 3.89. The Morgan fingerprint density at radius 3 is 2.65 bits per heavy atom. The number of rotatable bonds is 6. The molecule has 26 heavy (non-hydrogen) atoms. The van der Waals surface area contributed by atoms with Crippen LogP contribution in [0.15, 0.2) is 53.3 Å². The number of nitriles is 1. The molecule has 3 rings (SSSR count). The Kier molecular flexibility index (Phi) is 5.34. The molecule has 0 spiro atoms. The number of carbonyl (C=O) groups excluding carboxylic acids is 1. The molecule has 1 amide bonds. The lowest BCUT2D eigenvalue weighted by Gasteiger charge is -2.14. The lowest BCUT2D eigenvalue weighted by Crippen LogP contribution is -2.26. The third-order valence-electron chi connectivity index (χ3n) is 3.89. The number of hydrogen-bond acceptors (Lipinski definition) is 6. The van der Waals surface area contributed by atoms with Crippen LogP contribution in [0, 0.1) is 11.3 Å². The van der Waals surface area contributed by atoms with Crippen molar-refractivity contribution >= 4 is 5.91 Å². The van der Waals surface area contributed by atoms with E-state index in [0.29, 0.717) is 23.7 Å². The molecule has 0 saturated heterocycles. The molecule has 1 unspecified atom stereocenters. The first-order valence-corrected chi connectivity index (χ1v) is 8.18. The molecule has 0 aliphatic carbocycles. The third kappa shape index (κ3) is 4.30. The molecule has 2 heterocycles. The highest BCUT2D eigenvalue weighted by Crippen LogP contribution is 2.16. The zero-order chi connectivity index (χ0) is 18.4. The molecule has 2 aromatic heterocycles. The maximum absolute atomic E-state index is 12.1. The van der Waals surface area contributed by atoms with E-state index in [0.717, 1.165) is 11.1 Å². The summed E-state index contributed by atoms with van der Waals surface area (Å²) in [5.41, 5.74) is 2.35. The van der Waals surface area contributed by atoms with Gasteiger partial charge in [-0.25, -0.2) is 0 Å². The Bertz CT molecular complexity index is 913. The quantitative estimate of drug-likeness (QED) is 0.735. The highest BCUT2D eigenvalue weighted by Gasteiger charge is 2.13. The Morgan fingerprint density at radius 1 is 1.23 bits per heavy atom. The number of hydrogen-bond donors (Lipinski definition) is 1. The molecule has 1 atom stereocenters. The maximum atomic E-state index is 12.1. The van der Waals surface area contributed by atoms with Crippen molar-refractivity contribution in [3.63, 3.8) is 0 Å². The van der Waals surface area contributed by atoms with Crippen LogP contribution in [0.3, 0.4) is 0 Å². The number of pyridine rings is 1. The molecule has 0 saturated carbocycles. The van der Waals surface area contributed by atoms with E-state index in [9.17, 15) is 4.79 Å². The van der Waals surface area contributed by atoms with Crippen LogP contribution < -0.4 is 5.32 Å². The molecule has 3 aromatic rings. The number of nitrogens with zero attached hydrogens (tertiary/aromatic N) is 4. The average molecular weight is 347 g/mol. The Hall–Kier alpha value is -3.53. The van der Waals surface area contributed by atoms with E-state index < -0.39 is 0 Å². The average Bonchev–Trinajstić information content (AvgIpc) is 3.16. The fraction of sp³-hybridized carbons (Fsp3) is 0.211. The normalized spacial score (nSPS) is 11.5. The van der Waals surface area contributed by atoms with Crippen molar-refractivity contribution in [2.45, 2.75) is 25.8 Å². The molecule has 7 nitrogen and oxygen atoms in total. The first-order chi connectivity index (χ1) is 12.7. The zero-order valence-corrected chi connectivity index (χ0v) is 14.2. The van der Waals surface area contributed by atoms with Crippen molar-refractivity contribution < 1.29 is 9.32 Å². The number of carbonyl (C=O) groups is 1. The number of aromatic nitrogens is 3. The molecule has 7 heteroatoms. The van der Waals surface area contributed by atoms with E-state index in [1.807, 2.05) is 19.1 Å². The van der Waals surface area contributed by atoms with Crippen molar-refractivity contribution in [3.05, 3.63) is 65.8 Å². The molecular formula is C19H17N5O2. The van der Waals surface area contributed by atoms with E-state index in [1.54, 1.807) is 36.7 Å². The smallest absolute Gasteiger partial charge is 0.227 e. The van der Waals surface area contributed by atoms with Crippen LogP contribution in [0.2, 0.25) is 0 Å². The predicted molar refractivity (Wildman–Crippen MR) is 93.6 cm³/mol. The van der Waals surface area contributed by atoms with Crippen LogP contribution in [-0.2, 0) is 11.2 Å². The van der Waals surface area contributed by atoms with Gasteiger partial charge < -0.3 is 9.84 Å². The van der Waals surface area contributed by atoms with E-state index >= 15 is 0 Å². The van der Waals surface area contributed by atoms with Gasteiger partial charge in [0.05, 0.1) is 17.7 Å². The largest absolute Gasteiger partial charge is 0.350 e. The summed E-state index contributed by atoms with van der Waals surface area (Å²) < 4.78 is 5.19. The predicted octanol–water partition coefficient (Wildman–Crippen LogP) is 2.81. The first-order valence-electron chi connectivity index (χ1n) is 8.18. The molecule has 0 aliphatic heterocycles. The molecule has 0 radical (unpaired) electrons. The van der Waals surface area contributed by atoms with Crippen LogP contribution in [-0.4, -0.2) is 21.0 Å². The van der Waals surface area contributed by atoms with Crippen molar-refractivity contribution in [3.8, 4) is 17.5 Å². The summed E-state index contributed by atoms with van der Waals surface area (Å²) in [7, 11) is 0. The van der Waals surface area contributed by atoms with Gasteiger partial charge in [-0.1, -0.05) is 17.3 Å². The van der Waals surface area contributed by atoms with Gasteiger partial charge >= 0.3 is 0 Å². The Labute approximate surface area is 150 Å². The van der Waals surface area contributed by atoms with E-state index in [4.69, 9.17) is 9.78 Å². The molecule has 1 aromatic carbocycles. The topological polar surface area (TPSA) is 105 Å². The molecule has 0 bridgehead atoms. The highest BCUT2D eigenvalue weighted by molar-refractivity contribution is 5.76. The van der Waals surface area contributed by atoms with E-state index in [-0.39, 0.29) is 18.4 Å². The van der Waals surface area contributed by atoms with E-state index in [1.165, 1.54) is 0 Å². The Morgan fingerprint density at radius 2 is 1.96 bits per heavy atom. The summed E-state index contributed by atoms with van der Waals surface area (Å²) in [5.74, 6) is 0.789. The van der Waals surface area contributed by atoms with Crippen molar-refractivity contribution in [2.75, 3.05) is 0 Å². The van der Waals surface area contributed by atoms with Gasteiger partial charge in [-0.15, -0.1) is 0 Å². The van der Waals surface area contributed by atoms with Crippen LogP contribution >= 0.6 is 0 Å². The fourth-order valence-electron chi connectivity index (χ4n) is 2.44. The van der Waals surface area contributed by atoms with Crippen LogP contribution in [0.5, 0.6) is 0 Å². The Balaban J connectivity index is 1.52. The fourth-order valence-corrected chi connectivity index (χ4v) is 2.44. The molecule has 0 fully saturated rings. The van der Waals surface area contributed by atoms with Gasteiger partial charge in [-0.05, 0) is 36.8 Å². The summed E-state index contributed by atoms with van der Waals surface area (Å²) in [6.07, 6.45) is 3.93. The second-order valence-corrected chi connectivity index (χ2v) is 5.77. The SMILES string of the molecule is CC(NC(=O)CCc1nc(-c2ccncc2)no1)c1ccc(C#N)cc1. The summed E-state index contributed by atoms with van der Waals surface area (Å²) in [5, 5.41) is 15.7. The van der Waals surface area contributed by atoms with Crippen LogP contribution in [0.1, 0.15) is 36.4 Å². The zero-order valence-electron chi connectivity index (χ0n) is 14.2. The van der Waals surface area contributed by atoms with Gasteiger partial charge in [0.25, 0.3) is 0 Å². The molecular weight excluding hydrogens is 330 g/mol. The second-order valence-electron chi connectivity index (χ2n) is 5.77. The van der Waals surface area contributed by atoms with Crippen molar-refractivity contribution in [2.24, 2.45) is 0 Å². The standard InChI is InChI=1S/C19H17N5O2/c1-13(15-4-2-14(12-20)3-5-15)22-17(25)6-7-18-23-19(24-26-18)16-8-10-21-11-9-16/h2-5,8-11,13H,6-7H2,1H3,(H,22,25). The van der Waals surface area contributed by atoms with Gasteiger partial charge in [0, 0.05) is 30.8 Å². The highest BCUT2D eigenvalue weighted by atomic mass is 16.5. The lowest BCUT2D eigenvalue weighted by atomic mass is 10.1. The van der Waals surface area contributed by atoms with E-state index in [2.05, 4.69) is 26.5 Å². The maximum Gasteiger partial charge on any atom is 0.227 e. The van der Waals surface area contributed by atoms with Gasteiger partial charge in [-0.2, -0.15) is 10.2 Å². The number of aryl methyl sites for hydroxylation is 1. The minimum absolute atomic E-state index is 0.106. The minimum Gasteiger partial charge on any atom is -0.350 e. The van der Waals surface area contributed by atoms with Crippen molar-refractivity contribution in [1.29, 1.82) is 5.26 Å². The van der Waals surface area contributed by atoms with Gasteiger partial charge in [0.2, 0.25) is 17.6 Å². The summed E-state index contributed by atoms with van der Waals surface area (Å²) in [4.78, 5) is 20.4.